The second-order valence-corrected chi connectivity index (χ2v) is 9.01. The molecule has 1 aliphatic rings. The molecule has 3 aromatic rings. The molecule has 0 bridgehead atoms. The van der Waals surface area contributed by atoms with Crippen LogP contribution in [0, 0.1) is 6.92 Å². The number of anilines is 1. The highest BCUT2D eigenvalue weighted by atomic mass is 79.9. The van der Waals surface area contributed by atoms with Crippen molar-refractivity contribution in [3.05, 3.63) is 93.0 Å². The van der Waals surface area contributed by atoms with E-state index in [1.54, 1.807) is 55.5 Å². The Labute approximate surface area is 220 Å². The van der Waals surface area contributed by atoms with Crippen molar-refractivity contribution in [1.82, 2.24) is 5.32 Å². The molecule has 37 heavy (non-hydrogen) atoms. The maximum atomic E-state index is 13.2. The summed E-state index contributed by atoms with van der Waals surface area (Å²) in [6.07, 6.45) is 1.38. The van der Waals surface area contributed by atoms with Gasteiger partial charge in [0.2, 0.25) is 0 Å². The molecule has 3 aromatic carbocycles. The fourth-order valence-corrected chi connectivity index (χ4v) is 4.19. The van der Waals surface area contributed by atoms with E-state index in [0.29, 0.717) is 28.3 Å². The predicted molar refractivity (Wildman–Crippen MR) is 139 cm³/mol. The molecule has 2 N–H and O–H groups in total. The largest absolute Gasteiger partial charge is 0.493 e. The number of imide groups is 2. The number of urea groups is 1. The van der Waals surface area contributed by atoms with E-state index in [1.165, 1.54) is 25.3 Å². The lowest BCUT2D eigenvalue weighted by molar-refractivity contribution is -0.122. The number of nitrogens with zero attached hydrogens (tertiary/aromatic N) is 1. The van der Waals surface area contributed by atoms with E-state index in [-0.39, 0.29) is 17.7 Å². The molecule has 0 atom stereocenters. The summed E-state index contributed by atoms with van der Waals surface area (Å²) in [4.78, 5) is 50.2. The molecule has 1 aliphatic heterocycles. The molecule has 4 amide bonds. The molecule has 1 saturated heterocycles. The number of methoxy groups -OCH3 is 1. The van der Waals surface area contributed by atoms with Gasteiger partial charge in [0, 0.05) is 4.47 Å². The predicted octanol–water partition coefficient (Wildman–Crippen LogP) is 4.71. The third-order valence-corrected chi connectivity index (χ3v) is 6.09. The summed E-state index contributed by atoms with van der Waals surface area (Å²) in [5.74, 6) is -1.79. The number of ether oxygens (including phenoxy) is 2. The van der Waals surface area contributed by atoms with E-state index < -0.39 is 23.8 Å². The second-order valence-electron chi connectivity index (χ2n) is 8.09. The zero-order valence-electron chi connectivity index (χ0n) is 19.8. The number of carboxylic acid groups (broad SMARTS) is 1. The molecule has 4 rings (SSSR count). The molecule has 9 nitrogen and oxygen atoms in total. The van der Waals surface area contributed by atoms with Gasteiger partial charge in [0.15, 0.2) is 11.5 Å². The highest BCUT2D eigenvalue weighted by molar-refractivity contribution is 9.10. The van der Waals surface area contributed by atoms with Crippen LogP contribution in [-0.4, -0.2) is 36.0 Å². The molecular formula is C27H21BrN2O7. The van der Waals surface area contributed by atoms with Gasteiger partial charge in [0.1, 0.15) is 12.2 Å². The van der Waals surface area contributed by atoms with Crippen molar-refractivity contribution in [1.29, 1.82) is 0 Å². The molecular weight excluding hydrogens is 544 g/mol. The molecule has 1 fully saturated rings. The number of hydrogen-bond donors (Lipinski definition) is 2. The summed E-state index contributed by atoms with van der Waals surface area (Å²) in [5, 5.41) is 11.2. The Balaban J connectivity index is 1.57. The van der Waals surface area contributed by atoms with E-state index in [1.807, 2.05) is 0 Å². The molecule has 0 radical (unpaired) electrons. The average Bonchev–Trinajstić information content (AvgIpc) is 2.87. The van der Waals surface area contributed by atoms with Crippen molar-refractivity contribution in [2.24, 2.45) is 0 Å². The Hall–Kier alpha value is -4.44. The van der Waals surface area contributed by atoms with E-state index in [2.05, 4.69) is 21.2 Å². The van der Waals surface area contributed by atoms with Gasteiger partial charge in [-0.25, -0.2) is 14.5 Å². The number of carbonyl (C=O) groups is 4. The first kappa shape index (κ1) is 25.6. The molecule has 10 heteroatoms. The molecule has 0 aliphatic carbocycles. The number of halogens is 1. The second kappa shape index (κ2) is 10.7. The number of amides is 4. The van der Waals surface area contributed by atoms with Gasteiger partial charge in [-0.15, -0.1) is 0 Å². The number of aromatic carboxylic acids is 1. The number of benzene rings is 3. The van der Waals surface area contributed by atoms with Crippen molar-refractivity contribution in [3.63, 3.8) is 0 Å². The van der Waals surface area contributed by atoms with Crippen molar-refractivity contribution < 1.29 is 33.8 Å². The van der Waals surface area contributed by atoms with E-state index >= 15 is 0 Å². The Morgan fingerprint density at radius 1 is 1.03 bits per heavy atom. The average molecular weight is 565 g/mol. The van der Waals surface area contributed by atoms with Crippen LogP contribution in [0.5, 0.6) is 11.5 Å². The van der Waals surface area contributed by atoms with E-state index in [4.69, 9.17) is 14.6 Å². The van der Waals surface area contributed by atoms with Crippen LogP contribution >= 0.6 is 15.9 Å². The van der Waals surface area contributed by atoms with Gasteiger partial charge in [0.05, 0.1) is 18.4 Å². The van der Waals surface area contributed by atoms with E-state index in [9.17, 15) is 19.2 Å². The van der Waals surface area contributed by atoms with Gasteiger partial charge in [-0.3, -0.25) is 14.9 Å². The summed E-state index contributed by atoms with van der Waals surface area (Å²) in [6.45, 7) is 1.92. The van der Waals surface area contributed by atoms with Gasteiger partial charge in [-0.1, -0.05) is 34.1 Å². The Bertz CT molecular complexity index is 1450. The molecule has 0 aromatic heterocycles. The number of barbiturate groups is 1. The Morgan fingerprint density at radius 3 is 2.41 bits per heavy atom. The van der Waals surface area contributed by atoms with Gasteiger partial charge >= 0.3 is 12.0 Å². The van der Waals surface area contributed by atoms with E-state index in [0.717, 1.165) is 14.9 Å². The zero-order valence-corrected chi connectivity index (χ0v) is 21.4. The number of rotatable bonds is 7. The van der Waals surface area contributed by atoms with Crippen molar-refractivity contribution in [3.8, 4) is 11.5 Å². The lowest BCUT2D eigenvalue weighted by Crippen LogP contribution is -2.54. The fraction of sp³-hybridized carbons (Fsp3) is 0.111. The molecule has 0 saturated carbocycles. The van der Waals surface area contributed by atoms with Crippen molar-refractivity contribution in [2.45, 2.75) is 13.5 Å². The normalized spacial score (nSPS) is 14.5. The monoisotopic (exact) mass is 564 g/mol. The molecule has 0 spiro atoms. The summed E-state index contributed by atoms with van der Waals surface area (Å²) in [6, 6.07) is 15.4. The lowest BCUT2D eigenvalue weighted by atomic mass is 10.1. The number of nitrogens with one attached hydrogen (secondary N) is 1. The third kappa shape index (κ3) is 5.54. The van der Waals surface area contributed by atoms with Crippen LogP contribution in [0.2, 0.25) is 0 Å². The number of hydrogen-bond acceptors (Lipinski definition) is 6. The van der Waals surface area contributed by atoms with Gasteiger partial charge in [0.25, 0.3) is 11.8 Å². The minimum atomic E-state index is -1.01. The Kier molecular flexibility index (Phi) is 7.40. The molecule has 0 unspecified atom stereocenters. The summed E-state index contributed by atoms with van der Waals surface area (Å²) in [5.41, 5.74) is 2.24. The van der Waals surface area contributed by atoms with Crippen molar-refractivity contribution >= 4 is 51.5 Å². The highest BCUT2D eigenvalue weighted by Crippen LogP contribution is 2.31. The quantitative estimate of drug-likeness (QED) is 0.314. The lowest BCUT2D eigenvalue weighted by Gasteiger charge is -2.27. The van der Waals surface area contributed by atoms with Crippen LogP contribution in [0.4, 0.5) is 10.5 Å². The standard InChI is InChI=1S/C27H21BrN2O7/c1-15-11-19(28)8-9-21(15)30-25(32)20(24(31)29-27(30)35)12-17-5-10-22(23(13-17)36-2)37-14-16-3-6-18(7-4-16)26(33)34/h3-13H,14H2,1-2H3,(H,33,34)(H,29,31,35)/b20-12-. The summed E-state index contributed by atoms with van der Waals surface area (Å²) >= 11 is 3.35. The zero-order chi connectivity index (χ0) is 26.7. The number of carboxylic acids is 1. The van der Waals surface area contributed by atoms with Crippen LogP contribution in [-0.2, 0) is 16.2 Å². The van der Waals surface area contributed by atoms with Crippen LogP contribution in [0.15, 0.2) is 70.7 Å². The first-order valence-corrected chi connectivity index (χ1v) is 11.8. The first-order chi connectivity index (χ1) is 17.7. The topological polar surface area (TPSA) is 122 Å². The van der Waals surface area contributed by atoms with Gasteiger partial charge in [-0.05, 0) is 72.2 Å². The van der Waals surface area contributed by atoms with Crippen molar-refractivity contribution in [2.75, 3.05) is 12.0 Å². The Morgan fingerprint density at radius 2 is 1.76 bits per heavy atom. The van der Waals surface area contributed by atoms with Crippen LogP contribution in [0.3, 0.4) is 0 Å². The minimum absolute atomic E-state index is 0.168. The maximum absolute atomic E-state index is 13.2. The highest BCUT2D eigenvalue weighted by Gasteiger charge is 2.37. The SMILES string of the molecule is COc1cc(/C=C2/C(=O)NC(=O)N(c3ccc(Br)cc3C)C2=O)ccc1OCc1ccc(C(=O)O)cc1. The fourth-order valence-electron chi connectivity index (χ4n) is 3.71. The van der Waals surface area contributed by atoms with Crippen LogP contribution in [0.25, 0.3) is 6.08 Å². The smallest absolute Gasteiger partial charge is 0.335 e. The minimum Gasteiger partial charge on any atom is -0.493 e. The molecule has 1 heterocycles. The van der Waals surface area contributed by atoms with Crippen LogP contribution in [0.1, 0.15) is 27.0 Å². The van der Waals surface area contributed by atoms with Gasteiger partial charge < -0.3 is 14.6 Å². The number of carbonyl (C=O) groups excluding carboxylic acids is 3. The molecule has 188 valence electrons. The summed E-state index contributed by atoms with van der Waals surface area (Å²) < 4.78 is 12.0. The van der Waals surface area contributed by atoms with Gasteiger partial charge in [-0.2, -0.15) is 0 Å². The first-order valence-electron chi connectivity index (χ1n) is 11.0. The summed E-state index contributed by atoms with van der Waals surface area (Å²) in [7, 11) is 1.45. The maximum Gasteiger partial charge on any atom is 0.335 e. The van der Waals surface area contributed by atoms with Crippen LogP contribution < -0.4 is 19.7 Å². The third-order valence-electron chi connectivity index (χ3n) is 5.60. The number of aryl methyl sites for hydroxylation is 1.